The number of benzene rings is 4. The van der Waals surface area contributed by atoms with Crippen LogP contribution < -0.4 is 0 Å². The Bertz CT molecular complexity index is 1320. The van der Waals surface area contributed by atoms with Crippen LogP contribution in [0.2, 0.25) is 0 Å². The molecular weight excluding hydrogens is 462 g/mol. The van der Waals surface area contributed by atoms with E-state index in [-0.39, 0.29) is 22.8 Å². The molecule has 0 saturated carbocycles. The SMILES string of the molecule is Cc1ccc(C(=O)c2ccccc2C(=O)O[C@@H](C)C(=O)N(Cc2ccccc2)Cc2ccccc2)cc1. The molecule has 4 aromatic rings. The molecule has 4 rings (SSSR count). The second-order valence-electron chi connectivity index (χ2n) is 8.95. The Kier molecular flexibility index (Phi) is 8.26. The fraction of sp³-hybridized carbons (Fsp3) is 0.156. The predicted molar refractivity (Wildman–Crippen MR) is 143 cm³/mol. The number of carbonyl (C=O) groups excluding carboxylic acids is 3. The van der Waals surface area contributed by atoms with Crippen LogP contribution in [0.25, 0.3) is 0 Å². The molecule has 4 aromatic carbocycles. The van der Waals surface area contributed by atoms with Crippen molar-refractivity contribution in [1.82, 2.24) is 4.90 Å². The third-order valence-electron chi connectivity index (χ3n) is 6.08. The lowest BCUT2D eigenvalue weighted by molar-refractivity contribution is -0.141. The van der Waals surface area contributed by atoms with Crippen molar-refractivity contribution >= 4 is 17.7 Å². The normalized spacial score (nSPS) is 11.4. The topological polar surface area (TPSA) is 63.7 Å². The first kappa shape index (κ1) is 25.6. The average Bonchev–Trinajstić information content (AvgIpc) is 2.93. The summed E-state index contributed by atoms with van der Waals surface area (Å²) in [5.41, 5.74) is 3.82. The van der Waals surface area contributed by atoms with Crippen LogP contribution >= 0.6 is 0 Å². The lowest BCUT2D eigenvalue weighted by Gasteiger charge is -2.26. The predicted octanol–water partition coefficient (Wildman–Crippen LogP) is 6.00. The molecule has 0 aromatic heterocycles. The quantitative estimate of drug-likeness (QED) is 0.213. The fourth-order valence-electron chi connectivity index (χ4n) is 4.07. The van der Waals surface area contributed by atoms with Gasteiger partial charge in [0.05, 0.1) is 5.56 Å². The third-order valence-corrected chi connectivity index (χ3v) is 6.08. The van der Waals surface area contributed by atoms with Crippen molar-refractivity contribution in [2.75, 3.05) is 0 Å². The fourth-order valence-corrected chi connectivity index (χ4v) is 4.07. The Labute approximate surface area is 217 Å². The zero-order valence-corrected chi connectivity index (χ0v) is 21.0. The van der Waals surface area contributed by atoms with Crippen LogP contribution in [0.1, 0.15) is 49.9 Å². The summed E-state index contributed by atoms with van der Waals surface area (Å²) in [5.74, 6) is -1.30. The minimum absolute atomic E-state index is 0.130. The van der Waals surface area contributed by atoms with E-state index in [0.717, 1.165) is 16.7 Å². The molecule has 0 unspecified atom stereocenters. The maximum Gasteiger partial charge on any atom is 0.339 e. The molecule has 0 aliphatic heterocycles. The Hall–Kier alpha value is -4.51. The second kappa shape index (κ2) is 12.0. The number of hydrogen-bond acceptors (Lipinski definition) is 4. The molecule has 0 radical (unpaired) electrons. The number of nitrogens with zero attached hydrogens (tertiary/aromatic N) is 1. The largest absolute Gasteiger partial charge is 0.449 e. The van der Waals surface area contributed by atoms with E-state index in [1.54, 1.807) is 48.2 Å². The average molecular weight is 492 g/mol. The second-order valence-corrected chi connectivity index (χ2v) is 8.95. The van der Waals surface area contributed by atoms with Gasteiger partial charge in [0.25, 0.3) is 5.91 Å². The van der Waals surface area contributed by atoms with Gasteiger partial charge in [0.15, 0.2) is 11.9 Å². The molecule has 37 heavy (non-hydrogen) atoms. The van der Waals surface area contributed by atoms with Gasteiger partial charge in [-0.25, -0.2) is 4.79 Å². The van der Waals surface area contributed by atoms with Crippen molar-refractivity contribution in [2.45, 2.75) is 33.0 Å². The van der Waals surface area contributed by atoms with Gasteiger partial charge in [-0.3, -0.25) is 9.59 Å². The Morgan fingerprint density at radius 2 is 1.16 bits per heavy atom. The standard InChI is InChI=1S/C32H29NO4/c1-23-17-19-27(20-18-23)30(34)28-15-9-10-16-29(28)32(36)37-24(2)31(35)33(21-25-11-5-3-6-12-25)22-26-13-7-4-8-14-26/h3-20,24H,21-22H2,1-2H3/t24-/m0/s1. The minimum atomic E-state index is -1.04. The number of aryl methyl sites for hydroxylation is 1. The summed E-state index contributed by atoms with van der Waals surface area (Å²) in [6.07, 6.45) is -1.04. The van der Waals surface area contributed by atoms with Gasteiger partial charge in [0, 0.05) is 24.2 Å². The van der Waals surface area contributed by atoms with E-state index in [0.29, 0.717) is 18.7 Å². The van der Waals surface area contributed by atoms with Crippen molar-refractivity contribution in [2.24, 2.45) is 0 Å². The lowest BCUT2D eigenvalue weighted by atomic mass is 9.98. The molecule has 186 valence electrons. The molecule has 5 heteroatoms. The highest BCUT2D eigenvalue weighted by atomic mass is 16.5. The maximum atomic E-state index is 13.5. The highest BCUT2D eigenvalue weighted by Crippen LogP contribution is 2.19. The molecule has 5 nitrogen and oxygen atoms in total. The van der Waals surface area contributed by atoms with E-state index < -0.39 is 12.1 Å². The van der Waals surface area contributed by atoms with E-state index in [4.69, 9.17) is 4.74 Å². The van der Waals surface area contributed by atoms with E-state index >= 15 is 0 Å². The number of rotatable bonds is 9. The molecule has 0 bridgehead atoms. The molecule has 0 fully saturated rings. The number of amides is 1. The minimum Gasteiger partial charge on any atom is -0.449 e. The molecule has 0 spiro atoms. The van der Waals surface area contributed by atoms with Crippen LogP contribution in [0.4, 0.5) is 0 Å². The van der Waals surface area contributed by atoms with E-state index in [9.17, 15) is 14.4 Å². The van der Waals surface area contributed by atoms with E-state index in [1.165, 1.54) is 0 Å². The smallest absolute Gasteiger partial charge is 0.339 e. The van der Waals surface area contributed by atoms with Crippen LogP contribution in [0.15, 0.2) is 109 Å². The summed E-state index contributed by atoms with van der Waals surface area (Å²) < 4.78 is 5.62. The first-order chi connectivity index (χ1) is 17.9. The van der Waals surface area contributed by atoms with Gasteiger partial charge in [-0.15, -0.1) is 0 Å². The van der Waals surface area contributed by atoms with Gasteiger partial charge in [0.2, 0.25) is 0 Å². The molecule has 0 aliphatic rings. The van der Waals surface area contributed by atoms with Crippen LogP contribution in [0, 0.1) is 6.92 Å². The number of ether oxygens (including phenoxy) is 1. The van der Waals surface area contributed by atoms with E-state index in [2.05, 4.69) is 0 Å². The summed E-state index contributed by atoms with van der Waals surface area (Å²) in [6.45, 7) is 4.25. The molecular formula is C32H29NO4. The van der Waals surface area contributed by atoms with Gasteiger partial charge < -0.3 is 9.64 Å². The summed E-state index contributed by atoms with van der Waals surface area (Å²) in [6, 6.07) is 33.0. The highest BCUT2D eigenvalue weighted by molar-refractivity contribution is 6.14. The molecule has 1 atom stereocenters. The Morgan fingerprint density at radius 3 is 1.70 bits per heavy atom. The molecule has 0 aliphatic carbocycles. The Morgan fingerprint density at radius 1 is 0.676 bits per heavy atom. The summed E-state index contributed by atoms with van der Waals surface area (Å²) in [5, 5.41) is 0. The van der Waals surface area contributed by atoms with Crippen LogP contribution in [0.3, 0.4) is 0 Å². The number of hydrogen-bond donors (Lipinski definition) is 0. The van der Waals surface area contributed by atoms with Gasteiger partial charge in [0.1, 0.15) is 0 Å². The van der Waals surface area contributed by atoms with Gasteiger partial charge in [-0.1, -0.05) is 109 Å². The Balaban J connectivity index is 1.53. The first-order valence-corrected chi connectivity index (χ1v) is 12.2. The number of carbonyl (C=O) groups is 3. The van der Waals surface area contributed by atoms with Gasteiger partial charge >= 0.3 is 5.97 Å². The van der Waals surface area contributed by atoms with Crippen LogP contribution in [-0.4, -0.2) is 28.7 Å². The summed E-state index contributed by atoms with van der Waals surface area (Å²) in [4.78, 5) is 41.4. The third kappa shape index (κ3) is 6.58. The van der Waals surface area contributed by atoms with Crippen molar-refractivity contribution in [3.05, 3.63) is 143 Å². The van der Waals surface area contributed by atoms with Gasteiger partial charge in [-0.05, 0) is 31.0 Å². The zero-order valence-electron chi connectivity index (χ0n) is 21.0. The van der Waals surface area contributed by atoms with Crippen molar-refractivity contribution in [3.63, 3.8) is 0 Å². The lowest BCUT2D eigenvalue weighted by Crippen LogP contribution is -2.39. The van der Waals surface area contributed by atoms with Crippen molar-refractivity contribution in [3.8, 4) is 0 Å². The van der Waals surface area contributed by atoms with Crippen molar-refractivity contribution in [1.29, 1.82) is 0 Å². The van der Waals surface area contributed by atoms with Crippen LogP contribution in [0.5, 0.6) is 0 Å². The van der Waals surface area contributed by atoms with Crippen LogP contribution in [-0.2, 0) is 22.6 Å². The summed E-state index contributed by atoms with van der Waals surface area (Å²) in [7, 11) is 0. The zero-order chi connectivity index (χ0) is 26.2. The van der Waals surface area contributed by atoms with Crippen molar-refractivity contribution < 1.29 is 19.1 Å². The maximum absolute atomic E-state index is 13.5. The van der Waals surface area contributed by atoms with Gasteiger partial charge in [-0.2, -0.15) is 0 Å². The number of ketones is 1. The van der Waals surface area contributed by atoms with E-state index in [1.807, 2.05) is 79.7 Å². The summed E-state index contributed by atoms with van der Waals surface area (Å²) >= 11 is 0. The molecule has 1 amide bonds. The molecule has 0 saturated heterocycles. The number of esters is 1. The molecule has 0 heterocycles. The highest BCUT2D eigenvalue weighted by Gasteiger charge is 2.27. The monoisotopic (exact) mass is 491 g/mol. The first-order valence-electron chi connectivity index (χ1n) is 12.2. The molecule has 0 N–H and O–H groups in total.